The summed E-state index contributed by atoms with van der Waals surface area (Å²) in [5, 5.41) is 16.2. The highest BCUT2D eigenvalue weighted by molar-refractivity contribution is 5.75. The second-order valence-electron chi connectivity index (χ2n) is 5.33. The molecule has 0 spiro atoms. The van der Waals surface area contributed by atoms with E-state index in [0.717, 1.165) is 13.0 Å². The van der Waals surface area contributed by atoms with Gasteiger partial charge in [0, 0.05) is 45.1 Å². The maximum atomic E-state index is 11.6. The number of rotatable bonds is 7. The van der Waals surface area contributed by atoms with Crippen LogP contribution < -0.4 is 10.6 Å². The second-order valence-corrected chi connectivity index (χ2v) is 5.33. The van der Waals surface area contributed by atoms with Crippen molar-refractivity contribution in [1.29, 1.82) is 0 Å². The zero-order valence-electron chi connectivity index (χ0n) is 11.5. The SMILES string of the molecule is CC(C)NCCCC(=O)NCC1(O)CCOCC1. The van der Waals surface area contributed by atoms with Crippen molar-refractivity contribution < 1.29 is 14.6 Å². The van der Waals surface area contributed by atoms with Crippen LogP contribution in [0.5, 0.6) is 0 Å². The van der Waals surface area contributed by atoms with Gasteiger partial charge in [-0.15, -0.1) is 0 Å². The standard InChI is InChI=1S/C13H26N2O3/c1-11(2)14-7-3-4-12(16)15-10-13(17)5-8-18-9-6-13/h11,14,17H,3-10H2,1-2H3,(H,15,16). The molecule has 0 unspecified atom stereocenters. The molecule has 1 aliphatic rings. The van der Waals surface area contributed by atoms with Gasteiger partial charge in [-0.2, -0.15) is 0 Å². The molecule has 5 heteroatoms. The molecule has 0 aromatic heterocycles. The summed E-state index contributed by atoms with van der Waals surface area (Å²) in [6.45, 7) is 6.51. The molecule has 0 aliphatic carbocycles. The summed E-state index contributed by atoms with van der Waals surface area (Å²) >= 11 is 0. The highest BCUT2D eigenvalue weighted by Gasteiger charge is 2.29. The Morgan fingerprint density at radius 2 is 2.06 bits per heavy atom. The lowest BCUT2D eigenvalue weighted by Crippen LogP contribution is -2.46. The van der Waals surface area contributed by atoms with Crippen LogP contribution in [-0.4, -0.2) is 49.0 Å². The van der Waals surface area contributed by atoms with Gasteiger partial charge in [0.2, 0.25) is 5.91 Å². The van der Waals surface area contributed by atoms with Crippen molar-refractivity contribution in [2.45, 2.75) is 51.2 Å². The zero-order chi connectivity index (χ0) is 13.4. The molecular weight excluding hydrogens is 232 g/mol. The van der Waals surface area contributed by atoms with E-state index in [1.165, 1.54) is 0 Å². The number of carbonyl (C=O) groups excluding carboxylic acids is 1. The van der Waals surface area contributed by atoms with Crippen molar-refractivity contribution in [3.05, 3.63) is 0 Å². The van der Waals surface area contributed by atoms with Crippen LogP contribution in [0.2, 0.25) is 0 Å². The first-order valence-electron chi connectivity index (χ1n) is 6.82. The van der Waals surface area contributed by atoms with Crippen LogP contribution in [0.4, 0.5) is 0 Å². The molecule has 1 aliphatic heterocycles. The Balaban J connectivity index is 2.09. The molecule has 3 N–H and O–H groups in total. The number of hydrogen-bond donors (Lipinski definition) is 3. The molecule has 1 heterocycles. The molecule has 1 rings (SSSR count). The smallest absolute Gasteiger partial charge is 0.220 e. The van der Waals surface area contributed by atoms with E-state index < -0.39 is 5.60 Å². The van der Waals surface area contributed by atoms with E-state index in [9.17, 15) is 9.90 Å². The maximum absolute atomic E-state index is 11.6. The molecule has 1 fully saturated rings. The minimum absolute atomic E-state index is 0.0143. The molecule has 0 aromatic rings. The van der Waals surface area contributed by atoms with Crippen LogP contribution in [0.3, 0.4) is 0 Å². The number of ether oxygens (including phenoxy) is 1. The molecule has 106 valence electrons. The van der Waals surface area contributed by atoms with Gasteiger partial charge >= 0.3 is 0 Å². The van der Waals surface area contributed by atoms with Crippen molar-refractivity contribution >= 4 is 5.91 Å². The Bertz CT molecular complexity index is 251. The molecule has 1 amide bonds. The Morgan fingerprint density at radius 3 is 2.67 bits per heavy atom. The number of aliphatic hydroxyl groups is 1. The van der Waals surface area contributed by atoms with E-state index in [-0.39, 0.29) is 5.91 Å². The topological polar surface area (TPSA) is 70.6 Å². The van der Waals surface area contributed by atoms with Gasteiger partial charge in [0.05, 0.1) is 5.60 Å². The van der Waals surface area contributed by atoms with E-state index in [1.807, 2.05) is 0 Å². The molecule has 0 saturated carbocycles. The summed E-state index contributed by atoms with van der Waals surface area (Å²) in [6.07, 6.45) is 2.53. The molecule has 18 heavy (non-hydrogen) atoms. The molecule has 5 nitrogen and oxygen atoms in total. The predicted octanol–water partition coefficient (Wildman–Crippen LogP) is 0.422. The first-order valence-corrected chi connectivity index (χ1v) is 6.82. The number of nitrogens with one attached hydrogen (secondary N) is 2. The normalized spacial score (nSPS) is 18.9. The van der Waals surface area contributed by atoms with Gasteiger partial charge in [0.15, 0.2) is 0 Å². The highest BCUT2D eigenvalue weighted by Crippen LogP contribution is 2.19. The lowest BCUT2D eigenvalue weighted by atomic mass is 9.94. The van der Waals surface area contributed by atoms with Crippen LogP contribution in [0.25, 0.3) is 0 Å². The summed E-state index contributed by atoms with van der Waals surface area (Å²) in [6, 6.07) is 0.455. The van der Waals surface area contributed by atoms with Gasteiger partial charge in [-0.05, 0) is 13.0 Å². The van der Waals surface area contributed by atoms with Gasteiger partial charge in [-0.25, -0.2) is 0 Å². The molecule has 0 atom stereocenters. The summed E-state index contributed by atoms with van der Waals surface area (Å²) < 4.78 is 5.19. The number of carbonyl (C=O) groups is 1. The Kier molecular flexibility index (Phi) is 6.60. The fourth-order valence-corrected chi connectivity index (χ4v) is 1.92. The van der Waals surface area contributed by atoms with Gasteiger partial charge in [-0.3, -0.25) is 4.79 Å². The summed E-state index contributed by atoms with van der Waals surface area (Å²) in [7, 11) is 0. The van der Waals surface area contributed by atoms with E-state index in [1.54, 1.807) is 0 Å². The summed E-state index contributed by atoms with van der Waals surface area (Å²) in [5.41, 5.74) is -0.774. The minimum atomic E-state index is -0.774. The highest BCUT2D eigenvalue weighted by atomic mass is 16.5. The van der Waals surface area contributed by atoms with Gasteiger partial charge < -0.3 is 20.5 Å². The lowest BCUT2D eigenvalue weighted by molar-refractivity contribution is -0.124. The average molecular weight is 258 g/mol. The van der Waals surface area contributed by atoms with Gasteiger partial charge in [0.25, 0.3) is 0 Å². The van der Waals surface area contributed by atoms with Crippen LogP contribution in [-0.2, 0) is 9.53 Å². The molecule has 0 aromatic carbocycles. The summed E-state index contributed by atoms with van der Waals surface area (Å²) in [4.78, 5) is 11.6. The van der Waals surface area contributed by atoms with Crippen molar-refractivity contribution in [1.82, 2.24) is 10.6 Å². The monoisotopic (exact) mass is 258 g/mol. The Hall–Kier alpha value is -0.650. The number of hydrogen-bond acceptors (Lipinski definition) is 4. The van der Waals surface area contributed by atoms with Crippen molar-refractivity contribution in [3.8, 4) is 0 Å². The number of amides is 1. The molecular formula is C13H26N2O3. The van der Waals surface area contributed by atoms with Gasteiger partial charge in [-0.1, -0.05) is 13.8 Å². The molecule has 0 bridgehead atoms. The van der Waals surface area contributed by atoms with E-state index in [2.05, 4.69) is 24.5 Å². The Morgan fingerprint density at radius 1 is 1.39 bits per heavy atom. The second kappa shape index (κ2) is 7.71. The quantitative estimate of drug-likeness (QED) is 0.579. The van der Waals surface area contributed by atoms with Crippen molar-refractivity contribution in [2.75, 3.05) is 26.3 Å². The van der Waals surface area contributed by atoms with Crippen LogP contribution in [0, 0.1) is 0 Å². The van der Waals surface area contributed by atoms with E-state index >= 15 is 0 Å². The predicted molar refractivity (Wildman–Crippen MR) is 70.4 cm³/mol. The summed E-state index contributed by atoms with van der Waals surface area (Å²) in [5.74, 6) is 0.0143. The van der Waals surface area contributed by atoms with Crippen molar-refractivity contribution in [3.63, 3.8) is 0 Å². The fourth-order valence-electron chi connectivity index (χ4n) is 1.92. The zero-order valence-corrected chi connectivity index (χ0v) is 11.5. The van der Waals surface area contributed by atoms with Crippen molar-refractivity contribution in [2.24, 2.45) is 0 Å². The van der Waals surface area contributed by atoms with Gasteiger partial charge in [0.1, 0.15) is 0 Å². The first-order chi connectivity index (χ1) is 8.52. The third-order valence-electron chi connectivity index (χ3n) is 3.17. The third kappa shape index (κ3) is 6.33. The van der Waals surface area contributed by atoms with E-state index in [4.69, 9.17) is 4.74 Å². The maximum Gasteiger partial charge on any atom is 0.220 e. The van der Waals surface area contributed by atoms with Crippen LogP contribution in [0.1, 0.15) is 39.5 Å². The Labute approximate surface area is 109 Å². The molecule has 1 saturated heterocycles. The first kappa shape index (κ1) is 15.4. The lowest BCUT2D eigenvalue weighted by Gasteiger charge is -2.32. The fraction of sp³-hybridized carbons (Fsp3) is 0.923. The van der Waals surface area contributed by atoms with E-state index in [0.29, 0.717) is 45.1 Å². The minimum Gasteiger partial charge on any atom is -0.388 e. The van der Waals surface area contributed by atoms with Crippen LogP contribution >= 0.6 is 0 Å². The average Bonchev–Trinajstić information content (AvgIpc) is 2.33. The largest absolute Gasteiger partial charge is 0.388 e. The third-order valence-corrected chi connectivity index (χ3v) is 3.17. The van der Waals surface area contributed by atoms with Crippen LogP contribution in [0.15, 0.2) is 0 Å². The molecule has 0 radical (unpaired) electrons.